The number of ether oxygens (including phenoxy) is 3. The number of carbonyl (C=O) groups excluding carboxylic acids is 1. The Morgan fingerprint density at radius 2 is 1.58 bits per heavy atom. The summed E-state index contributed by atoms with van der Waals surface area (Å²) < 4.78 is 16.9. The van der Waals surface area contributed by atoms with Crippen molar-refractivity contribution in [2.24, 2.45) is 0 Å². The first kappa shape index (κ1) is 13.9. The van der Waals surface area contributed by atoms with Crippen molar-refractivity contribution in [3.63, 3.8) is 0 Å². The number of hydrogen-bond donors (Lipinski definition) is 0. The maximum absolute atomic E-state index is 12.1. The Morgan fingerprint density at radius 1 is 1.00 bits per heavy atom. The number of benzene rings is 1. The van der Waals surface area contributed by atoms with Crippen LogP contribution in [0.5, 0.6) is 11.5 Å². The predicted molar refractivity (Wildman–Crippen MR) is 75.4 cm³/mol. The van der Waals surface area contributed by atoms with Crippen molar-refractivity contribution in [3.05, 3.63) is 27.9 Å². The molecule has 0 N–H and O–H groups in total. The van der Waals surface area contributed by atoms with Crippen molar-refractivity contribution >= 4 is 27.3 Å². The highest BCUT2D eigenvalue weighted by Crippen LogP contribution is 2.43. The lowest BCUT2D eigenvalue weighted by Crippen LogP contribution is -2.03. The first-order chi connectivity index (χ1) is 9.12. The smallest absolute Gasteiger partial charge is 0.167 e. The molecule has 0 radical (unpaired) electrons. The number of Topliss-reactive ketones (excluding diaryl/α,β-unsaturated/α-hetero) is 1. The summed E-state index contributed by atoms with van der Waals surface area (Å²) in [6.45, 7) is 0. The quantitative estimate of drug-likeness (QED) is 0.852. The van der Waals surface area contributed by atoms with Gasteiger partial charge in [0.2, 0.25) is 0 Å². The maximum atomic E-state index is 12.1. The van der Waals surface area contributed by atoms with E-state index in [2.05, 4.69) is 15.9 Å². The van der Waals surface area contributed by atoms with E-state index in [1.807, 2.05) is 12.1 Å². The average Bonchev–Trinajstić information content (AvgIpc) is 2.78. The second kappa shape index (κ2) is 5.65. The van der Waals surface area contributed by atoms with E-state index in [4.69, 9.17) is 14.2 Å². The minimum Gasteiger partial charge on any atom is -0.500 e. The van der Waals surface area contributed by atoms with Crippen LogP contribution in [0.2, 0.25) is 0 Å². The Labute approximate surface area is 120 Å². The highest BCUT2D eigenvalue weighted by atomic mass is 79.9. The molecule has 2 rings (SSSR count). The molecule has 0 amide bonds. The maximum Gasteiger partial charge on any atom is 0.167 e. The Morgan fingerprint density at radius 3 is 2.05 bits per heavy atom. The molecular formula is C14H15BrO4. The SMILES string of the molecule is COC1=C(c2c(OC)cc(Br)cc2OC)C(=O)CC1. The standard InChI is InChI=1S/C14H15BrO4/c1-17-10-5-4-9(16)13(10)14-11(18-2)6-8(15)7-12(14)19-3/h6-7H,4-5H2,1-3H3. The first-order valence-electron chi connectivity index (χ1n) is 5.84. The van der Waals surface area contributed by atoms with Crippen molar-refractivity contribution in [3.8, 4) is 11.5 Å². The molecule has 19 heavy (non-hydrogen) atoms. The lowest BCUT2D eigenvalue weighted by molar-refractivity contribution is -0.113. The molecule has 0 aliphatic heterocycles. The summed E-state index contributed by atoms with van der Waals surface area (Å²) in [5.41, 5.74) is 1.22. The number of methoxy groups -OCH3 is 3. The largest absolute Gasteiger partial charge is 0.500 e. The second-order valence-electron chi connectivity index (χ2n) is 4.11. The minimum atomic E-state index is 0.0516. The molecule has 1 aromatic rings. The molecule has 4 nitrogen and oxygen atoms in total. The van der Waals surface area contributed by atoms with Gasteiger partial charge in [-0.25, -0.2) is 0 Å². The molecule has 0 aromatic heterocycles. The summed E-state index contributed by atoms with van der Waals surface area (Å²) in [7, 11) is 4.71. The zero-order chi connectivity index (χ0) is 14.0. The minimum absolute atomic E-state index is 0.0516. The van der Waals surface area contributed by atoms with Gasteiger partial charge in [0.25, 0.3) is 0 Å². The monoisotopic (exact) mass is 326 g/mol. The normalized spacial score (nSPS) is 14.8. The Balaban J connectivity index is 2.70. The van der Waals surface area contributed by atoms with E-state index in [0.717, 1.165) is 4.47 Å². The van der Waals surface area contributed by atoms with E-state index < -0.39 is 0 Å². The van der Waals surface area contributed by atoms with Crippen molar-refractivity contribution in [1.82, 2.24) is 0 Å². The van der Waals surface area contributed by atoms with E-state index in [9.17, 15) is 4.79 Å². The van der Waals surface area contributed by atoms with Gasteiger partial charge in [0.1, 0.15) is 17.3 Å². The fourth-order valence-electron chi connectivity index (χ4n) is 2.24. The molecular weight excluding hydrogens is 312 g/mol. The van der Waals surface area contributed by atoms with E-state index in [-0.39, 0.29) is 5.78 Å². The number of halogens is 1. The van der Waals surface area contributed by atoms with Crippen LogP contribution in [0.25, 0.3) is 5.57 Å². The number of allylic oxidation sites excluding steroid dienone is 2. The van der Waals surface area contributed by atoms with E-state index in [0.29, 0.717) is 41.2 Å². The summed E-state index contributed by atoms with van der Waals surface area (Å²) in [5.74, 6) is 1.91. The van der Waals surface area contributed by atoms with Gasteiger partial charge in [0.05, 0.1) is 32.5 Å². The molecule has 0 spiro atoms. The topological polar surface area (TPSA) is 44.8 Å². The van der Waals surface area contributed by atoms with Gasteiger partial charge in [-0.05, 0) is 12.1 Å². The molecule has 5 heteroatoms. The third-order valence-electron chi connectivity index (χ3n) is 3.10. The molecule has 0 atom stereocenters. The molecule has 102 valence electrons. The van der Waals surface area contributed by atoms with Gasteiger partial charge in [0, 0.05) is 17.3 Å². The zero-order valence-electron chi connectivity index (χ0n) is 11.1. The molecule has 0 saturated heterocycles. The average molecular weight is 327 g/mol. The van der Waals surface area contributed by atoms with Crippen LogP contribution in [0.3, 0.4) is 0 Å². The molecule has 1 aliphatic carbocycles. The van der Waals surface area contributed by atoms with Crippen LogP contribution in [0, 0.1) is 0 Å². The van der Waals surface area contributed by atoms with Crippen molar-refractivity contribution in [1.29, 1.82) is 0 Å². The molecule has 0 saturated carbocycles. The molecule has 0 fully saturated rings. The van der Waals surface area contributed by atoms with Crippen LogP contribution in [0.4, 0.5) is 0 Å². The lowest BCUT2D eigenvalue weighted by Gasteiger charge is -2.15. The molecule has 0 heterocycles. The van der Waals surface area contributed by atoms with Crippen molar-refractivity contribution in [2.45, 2.75) is 12.8 Å². The Hall–Kier alpha value is -1.49. The second-order valence-corrected chi connectivity index (χ2v) is 5.03. The van der Waals surface area contributed by atoms with Gasteiger partial charge in [-0.1, -0.05) is 15.9 Å². The Kier molecular flexibility index (Phi) is 4.14. The summed E-state index contributed by atoms with van der Waals surface area (Å²) in [5, 5.41) is 0. The van der Waals surface area contributed by atoms with Gasteiger partial charge >= 0.3 is 0 Å². The molecule has 1 aliphatic rings. The van der Waals surface area contributed by atoms with Gasteiger partial charge in [-0.2, -0.15) is 0 Å². The molecule has 0 bridgehead atoms. The summed E-state index contributed by atoms with van der Waals surface area (Å²) in [6.07, 6.45) is 1.08. The van der Waals surface area contributed by atoms with E-state index >= 15 is 0 Å². The first-order valence-corrected chi connectivity index (χ1v) is 6.64. The van der Waals surface area contributed by atoms with Crippen LogP contribution in [-0.4, -0.2) is 27.1 Å². The van der Waals surface area contributed by atoms with E-state index in [1.54, 1.807) is 21.3 Å². The highest BCUT2D eigenvalue weighted by molar-refractivity contribution is 9.10. The fraction of sp³-hybridized carbons (Fsp3) is 0.357. The van der Waals surface area contributed by atoms with Crippen LogP contribution in [-0.2, 0) is 9.53 Å². The molecule has 0 unspecified atom stereocenters. The van der Waals surface area contributed by atoms with E-state index in [1.165, 1.54) is 0 Å². The predicted octanol–water partition coefficient (Wildman–Crippen LogP) is 3.19. The number of ketones is 1. The van der Waals surface area contributed by atoms with Crippen LogP contribution >= 0.6 is 15.9 Å². The number of rotatable bonds is 4. The van der Waals surface area contributed by atoms with Crippen molar-refractivity contribution in [2.75, 3.05) is 21.3 Å². The molecule has 1 aromatic carbocycles. The van der Waals surface area contributed by atoms with Gasteiger partial charge in [-0.3, -0.25) is 4.79 Å². The van der Waals surface area contributed by atoms with Crippen LogP contribution in [0.15, 0.2) is 22.4 Å². The highest BCUT2D eigenvalue weighted by Gasteiger charge is 2.30. The zero-order valence-corrected chi connectivity index (χ0v) is 12.7. The van der Waals surface area contributed by atoms with Crippen molar-refractivity contribution < 1.29 is 19.0 Å². The Bertz CT molecular complexity index is 523. The number of carbonyl (C=O) groups is 1. The van der Waals surface area contributed by atoms with Crippen LogP contribution < -0.4 is 9.47 Å². The van der Waals surface area contributed by atoms with Gasteiger partial charge in [-0.15, -0.1) is 0 Å². The number of hydrogen-bond acceptors (Lipinski definition) is 4. The third kappa shape index (κ3) is 2.47. The lowest BCUT2D eigenvalue weighted by atomic mass is 10.0. The van der Waals surface area contributed by atoms with Gasteiger partial charge < -0.3 is 14.2 Å². The summed E-state index contributed by atoms with van der Waals surface area (Å²) in [6, 6.07) is 3.62. The van der Waals surface area contributed by atoms with Crippen LogP contribution in [0.1, 0.15) is 18.4 Å². The third-order valence-corrected chi connectivity index (χ3v) is 3.56. The van der Waals surface area contributed by atoms with Gasteiger partial charge in [0.15, 0.2) is 5.78 Å². The fourth-order valence-corrected chi connectivity index (χ4v) is 2.66. The summed E-state index contributed by atoms with van der Waals surface area (Å²) >= 11 is 3.39. The summed E-state index contributed by atoms with van der Waals surface area (Å²) in [4.78, 5) is 12.1.